The second-order valence-electron chi connectivity index (χ2n) is 36.2. The van der Waals surface area contributed by atoms with Gasteiger partial charge in [0.05, 0.1) is 86.9 Å². The fourth-order valence-electron chi connectivity index (χ4n) is 16.0. The lowest BCUT2D eigenvalue weighted by molar-refractivity contribution is 0.221. The van der Waals surface area contributed by atoms with Gasteiger partial charge in [0.1, 0.15) is 83.9 Å². The summed E-state index contributed by atoms with van der Waals surface area (Å²) in [6.45, 7) is 33.4. The third kappa shape index (κ3) is 27.9. The molecule has 0 radical (unpaired) electrons. The molecule has 9 N–H and O–H groups in total. The number of nitrogens with zero attached hydrogens (tertiary/aromatic N) is 24. The van der Waals surface area contributed by atoms with Gasteiger partial charge in [-0.15, -0.1) is 0 Å². The Labute approximate surface area is 854 Å². The molecular weight excluding hydrogens is 2020 g/mol. The predicted molar refractivity (Wildman–Crippen MR) is 560 cm³/mol. The van der Waals surface area contributed by atoms with E-state index in [1.54, 1.807) is 63.3 Å². The molecule has 0 unspecified atom stereocenters. The minimum Gasteiger partial charge on any atom is -0.497 e. The quantitative estimate of drug-likeness (QED) is 0.0343. The molecule has 0 atom stereocenters. The van der Waals surface area contributed by atoms with Gasteiger partial charge < -0.3 is 62.2 Å². The highest BCUT2D eigenvalue weighted by Crippen LogP contribution is 2.42. The summed E-state index contributed by atoms with van der Waals surface area (Å²) in [4.78, 5) is 69.5. The first-order valence-corrected chi connectivity index (χ1v) is 49.8. The molecule has 0 saturated carbocycles. The first kappa shape index (κ1) is 106. The van der Waals surface area contributed by atoms with E-state index in [-0.39, 0.29) is 43.2 Å². The number of fused-ring (bicyclic) bond motifs is 3. The molecule has 0 bridgehead atoms. The van der Waals surface area contributed by atoms with Crippen LogP contribution in [0.25, 0.3) is 22.3 Å². The van der Waals surface area contributed by atoms with Gasteiger partial charge in [0, 0.05) is 74.5 Å². The van der Waals surface area contributed by atoms with Gasteiger partial charge in [0.25, 0.3) is 0 Å². The molecule has 0 amide bonds. The molecular formula is C96H117Cl8IN30O2. The summed E-state index contributed by atoms with van der Waals surface area (Å²) in [5.41, 5.74) is 28.0. The Morgan fingerprint density at radius 1 is 0.445 bits per heavy atom. The van der Waals surface area contributed by atoms with E-state index in [0.29, 0.717) is 107 Å². The van der Waals surface area contributed by atoms with E-state index >= 15 is 0 Å². The summed E-state index contributed by atoms with van der Waals surface area (Å²) >= 11 is 48.8. The summed E-state index contributed by atoms with van der Waals surface area (Å²) in [6.07, 6.45) is 30.0. The molecule has 16 heterocycles. The summed E-state index contributed by atoms with van der Waals surface area (Å²) in [5, 5.41) is 38.5. The smallest absolute Gasteiger partial charge is 0.181 e. The van der Waals surface area contributed by atoms with E-state index < -0.39 is 0 Å². The number of piperidine rings is 5. The summed E-state index contributed by atoms with van der Waals surface area (Å²) in [6, 6.07) is 24.8. The van der Waals surface area contributed by atoms with Crippen LogP contribution in [0.1, 0.15) is 186 Å². The van der Waals surface area contributed by atoms with Gasteiger partial charge in [-0.1, -0.05) is 205 Å². The zero-order valence-corrected chi connectivity index (χ0v) is 87.2. The lowest BCUT2D eigenvalue weighted by Gasteiger charge is -2.39. The maximum Gasteiger partial charge on any atom is 0.181 e. The van der Waals surface area contributed by atoms with Crippen molar-refractivity contribution in [2.24, 2.45) is 37.8 Å². The summed E-state index contributed by atoms with van der Waals surface area (Å²) < 4.78 is 15.2. The van der Waals surface area contributed by atoms with Crippen LogP contribution in [0.3, 0.4) is 0 Å². The molecule has 12 aromatic rings. The van der Waals surface area contributed by atoms with Crippen molar-refractivity contribution in [2.45, 2.75) is 172 Å². The first-order valence-electron chi connectivity index (χ1n) is 45.7. The number of ether oxygens (including phenoxy) is 2. The maximum atomic E-state index is 8.77. The Morgan fingerprint density at radius 2 is 0.861 bits per heavy atom. The number of hydrogen-bond acceptors (Lipinski definition) is 30. The van der Waals surface area contributed by atoms with Crippen molar-refractivity contribution < 1.29 is 9.47 Å². The van der Waals surface area contributed by atoms with Crippen LogP contribution >= 0.6 is 115 Å². The van der Waals surface area contributed by atoms with Crippen LogP contribution in [0.15, 0.2) is 121 Å². The number of anilines is 9. The second kappa shape index (κ2) is 48.6. The molecule has 137 heavy (non-hydrogen) atoms. The van der Waals surface area contributed by atoms with Crippen molar-refractivity contribution in [1.82, 2.24) is 89.7 Å². The van der Waals surface area contributed by atoms with Crippen molar-refractivity contribution in [1.29, 1.82) is 10.5 Å². The second-order valence-corrected chi connectivity index (χ2v) is 40.3. The molecule has 6 aliphatic rings. The van der Waals surface area contributed by atoms with Crippen molar-refractivity contribution in [3.05, 3.63) is 195 Å². The van der Waals surface area contributed by atoms with Crippen LogP contribution in [0, 0.1) is 53.3 Å². The SMILES string of the molecule is CC1(CN)CCN(c2cnc3c(n2)CN=C3Nc2ccnc(N)c2Cl)CC1.CCC1(C)CCN(c2cnc(C#N)c(Cl)n2)CC1.CCC1(C)CCN(c2cnc3c(N)nn(Cc4ccc(OC)cc4)c3n2)CC1.CCC1(C)CCN(c2cnc3c(Nc4ccnc(Cl)c4Cl)nn(Cc4ccc(OC)cc4)c3n2)CC1.CCC1(C)CCNCC1.Clc1nccc(I)c1Cl.N#Cc1ncc(Cl)nc1Cl. The minimum absolute atomic E-state index is 0.0370. The van der Waals surface area contributed by atoms with Gasteiger partial charge in [0.2, 0.25) is 0 Å². The number of nitrogens with one attached hydrogen (secondary N) is 3. The topological polar surface area (TPSA) is 409 Å². The van der Waals surface area contributed by atoms with Crippen molar-refractivity contribution in [3.63, 3.8) is 0 Å². The van der Waals surface area contributed by atoms with Crippen LogP contribution in [-0.2, 0) is 19.6 Å². The lowest BCUT2D eigenvalue weighted by atomic mass is 9.78. The standard InChI is InChI=1S/C26H29Cl2N7O.C21H28N6O.C18H23ClN8.C13H17ClN4.C8H17N.C5H2Cl2IN.C5HCl2N3/c1-4-26(2)10-13-34(14-11-26)20-15-30-22-24(31-19-9-12-29-23(28)21(19)27)33-35(25(22)32-20)16-17-5-7-18(36-3)8-6-17;1-4-21(2)9-11-26(12-10-21)17-13-23-18-19(22)25-27(20(18)24-17)14-15-5-7-16(28-3)8-6-15;1-18(10-20)3-6-27(7-4-18)13-9-23-15-12(25-13)8-24-17(15)26-11-2-5-22-16(21)14(11)19;1-3-13(2)4-6-18(7-5-13)11-9-16-10(8-15)12(14)17-11;1-3-8(2)4-6-9-7-5-8;6-4-3(8)1-2-9-5(4)7;6-4-2-9-3(1-8)5(7)10-4/h5-9,12,15H,4,10-11,13-14,16H2,1-3H3,(H,29,31,33);5-8,13H,4,9-12,14H2,1-3H3,(H2,22,25);2,5,9H,3-4,6-8,10,20H2,1H3,(H3,21,22,24,26);9H,3-7H2,1-2H3;9H,3-7H2,1-2H3;1-2H;2H. The Hall–Kier alpha value is -10.2. The van der Waals surface area contributed by atoms with Gasteiger partial charge in [-0.3, -0.25) is 4.99 Å². The zero-order valence-electron chi connectivity index (χ0n) is 79.0. The van der Waals surface area contributed by atoms with Gasteiger partial charge in [-0.05, 0) is 187 Å². The van der Waals surface area contributed by atoms with Crippen LogP contribution in [0.2, 0.25) is 40.8 Å². The van der Waals surface area contributed by atoms with Crippen LogP contribution < -0.4 is 62.2 Å². The molecule has 10 aromatic heterocycles. The monoisotopic (exact) mass is 2130 g/mol. The Kier molecular flexibility index (Phi) is 37.5. The number of aromatic nitrogens is 17. The molecule has 2 aromatic carbocycles. The molecule has 18 rings (SSSR count). The lowest BCUT2D eigenvalue weighted by Crippen LogP contribution is -2.42. The van der Waals surface area contributed by atoms with E-state index in [2.05, 4.69) is 175 Å². The number of hydrogen-bond donors (Lipinski definition) is 6. The summed E-state index contributed by atoms with van der Waals surface area (Å²) in [7, 11) is 3.32. The minimum atomic E-state index is 0.0370. The highest BCUT2D eigenvalue weighted by molar-refractivity contribution is 14.1. The fraction of sp³-hybridized carbons (Fsp3) is 0.458. The number of amidine groups is 1. The number of benzene rings is 2. The molecule has 0 spiro atoms. The van der Waals surface area contributed by atoms with Crippen molar-refractivity contribution >= 4 is 196 Å². The fourth-order valence-corrected chi connectivity index (χ4v) is 17.8. The van der Waals surface area contributed by atoms with Crippen molar-refractivity contribution in [2.75, 3.05) is 128 Å². The molecule has 6 aliphatic heterocycles. The number of nitrogen functional groups attached to an aromatic ring is 2. The van der Waals surface area contributed by atoms with Gasteiger partial charge in [-0.2, -0.15) is 20.7 Å². The number of pyridine rings is 3. The normalized spacial score (nSPS) is 16.4. The number of rotatable bonds is 18. The highest BCUT2D eigenvalue weighted by Gasteiger charge is 2.35. The molecule has 32 nitrogen and oxygen atoms in total. The largest absolute Gasteiger partial charge is 0.497 e. The van der Waals surface area contributed by atoms with Crippen LogP contribution in [0.5, 0.6) is 11.5 Å². The number of halogens is 9. The van der Waals surface area contributed by atoms with E-state index in [1.807, 2.05) is 82.6 Å². The maximum absolute atomic E-state index is 8.77. The number of methoxy groups -OCH3 is 2. The van der Waals surface area contributed by atoms with Gasteiger partial charge in [-0.25, -0.2) is 74.2 Å². The Balaban J connectivity index is 0.000000152. The average Bonchev–Trinajstić information content (AvgIpc) is 1.62. The molecule has 726 valence electrons. The van der Waals surface area contributed by atoms with E-state index in [4.69, 9.17) is 155 Å². The summed E-state index contributed by atoms with van der Waals surface area (Å²) in [5.74, 6) is 6.98. The molecule has 5 fully saturated rings. The van der Waals surface area contributed by atoms with Crippen molar-refractivity contribution in [3.8, 4) is 23.6 Å². The number of nitriles is 2. The van der Waals surface area contributed by atoms with E-state index in [0.717, 1.165) is 164 Å². The third-order valence-corrected chi connectivity index (χ3v) is 30.8. The number of aliphatic imine (C=N–C) groups is 1. The molecule has 5 saturated heterocycles. The predicted octanol–water partition coefficient (Wildman–Crippen LogP) is 21.3. The van der Waals surface area contributed by atoms with E-state index in [1.165, 1.54) is 70.7 Å². The molecule has 41 heteroatoms. The first-order chi connectivity index (χ1) is 65.7. The van der Waals surface area contributed by atoms with Crippen LogP contribution in [0.4, 0.5) is 52.1 Å². The molecule has 0 aliphatic carbocycles. The number of nitrogens with two attached hydrogens (primary N) is 3. The van der Waals surface area contributed by atoms with E-state index in [9.17, 15) is 0 Å². The zero-order chi connectivity index (χ0) is 98.4. The van der Waals surface area contributed by atoms with Crippen LogP contribution in [-0.4, -0.2) is 176 Å². The average molecular weight is 2130 g/mol. The van der Waals surface area contributed by atoms with Gasteiger partial charge in [0.15, 0.2) is 61.5 Å². The van der Waals surface area contributed by atoms with Gasteiger partial charge >= 0.3 is 0 Å². The Morgan fingerprint density at radius 3 is 1.32 bits per heavy atom. The highest BCUT2D eigenvalue weighted by atomic mass is 127. The third-order valence-electron chi connectivity index (χ3n) is 26.9. The Bertz CT molecular complexity index is 6160.